The van der Waals surface area contributed by atoms with E-state index >= 15 is 0 Å². The highest BCUT2D eigenvalue weighted by molar-refractivity contribution is 7.98. The van der Waals surface area contributed by atoms with Gasteiger partial charge in [0, 0.05) is 41.2 Å². The molecule has 1 aliphatic heterocycles. The molecule has 3 aromatic rings. The lowest BCUT2D eigenvalue weighted by atomic mass is 10.2. The molecule has 0 aliphatic carbocycles. The van der Waals surface area contributed by atoms with Crippen LogP contribution in [0.3, 0.4) is 0 Å². The molecule has 1 aromatic carbocycles. The maximum absolute atomic E-state index is 13.0. The zero-order valence-corrected chi connectivity index (χ0v) is 20.4. The van der Waals surface area contributed by atoms with Gasteiger partial charge in [-0.05, 0) is 39.8 Å². The Morgan fingerprint density at radius 3 is 2.72 bits per heavy atom. The first kappa shape index (κ1) is 23.0. The number of benzene rings is 1. The first-order chi connectivity index (χ1) is 15.4. The Balaban J connectivity index is 1.39. The molecule has 1 aliphatic rings. The number of carbonyl (C=O) groups is 1. The normalized spacial score (nSPS) is 19.2. The molecular weight excluding hydrogens is 444 g/mol. The summed E-state index contributed by atoms with van der Waals surface area (Å²) in [5.74, 6) is 1.36. The number of rotatable bonds is 7. The van der Waals surface area contributed by atoms with Crippen molar-refractivity contribution in [3.8, 4) is 0 Å². The van der Waals surface area contributed by atoms with Crippen molar-refractivity contribution in [3.63, 3.8) is 0 Å². The van der Waals surface area contributed by atoms with Crippen molar-refractivity contribution in [2.24, 2.45) is 0 Å². The van der Waals surface area contributed by atoms with E-state index < -0.39 is 0 Å². The molecule has 0 bridgehead atoms. The van der Waals surface area contributed by atoms with Gasteiger partial charge in [0.05, 0.1) is 29.2 Å². The standard InChI is InChI=1S/C23H28N4O3S2/c1-14-9-27(10-15(2)29-14)11-18-12-32-23(24-18)25-22(28)19-7-5-6-8-21(19)31-13-20-16(3)26-30-17(20)4/h5-8,12,14-15H,9-11,13H2,1-4H3,(H,24,25,28). The maximum Gasteiger partial charge on any atom is 0.258 e. The van der Waals surface area contributed by atoms with Gasteiger partial charge in [0.15, 0.2) is 5.13 Å². The lowest BCUT2D eigenvalue weighted by molar-refractivity contribution is -0.0707. The summed E-state index contributed by atoms with van der Waals surface area (Å²) >= 11 is 3.06. The van der Waals surface area contributed by atoms with Crippen molar-refractivity contribution in [1.29, 1.82) is 0 Å². The summed E-state index contributed by atoms with van der Waals surface area (Å²) in [5.41, 5.74) is 3.56. The van der Waals surface area contributed by atoms with E-state index in [1.807, 2.05) is 43.5 Å². The van der Waals surface area contributed by atoms with Crippen molar-refractivity contribution >= 4 is 34.1 Å². The molecule has 4 rings (SSSR count). The molecule has 32 heavy (non-hydrogen) atoms. The first-order valence-corrected chi connectivity index (χ1v) is 12.5. The van der Waals surface area contributed by atoms with Crippen LogP contribution in [-0.2, 0) is 17.0 Å². The van der Waals surface area contributed by atoms with Crippen molar-refractivity contribution < 1.29 is 14.1 Å². The Bertz CT molecular complexity index is 1050. The van der Waals surface area contributed by atoms with Crippen molar-refractivity contribution in [2.75, 3.05) is 18.4 Å². The van der Waals surface area contributed by atoms with E-state index in [0.717, 1.165) is 47.2 Å². The number of aryl methyl sites for hydroxylation is 2. The molecular formula is C23H28N4O3S2. The topological polar surface area (TPSA) is 80.5 Å². The van der Waals surface area contributed by atoms with Gasteiger partial charge in [-0.3, -0.25) is 15.0 Å². The maximum atomic E-state index is 13.0. The fraction of sp³-hybridized carbons (Fsp3) is 0.435. The Hall–Kier alpha value is -2.20. The van der Waals surface area contributed by atoms with Gasteiger partial charge in [-0.1, -0.05) is 17.3 Å². The number of amides is 1. The number of thioether (sulfide) groups is 1. The molecule has 2 unspecified atom stereocenters. The third kappa shape index (κ3) is 5.58. The van der Waals surface area contributed by atoms with Crippen molar-refractivity contribution in [1.82, 2.24) is 15.0 Å². The SMILES string of the molecule is Cc1noc(C)c1CSc1ccccc1C(=O)Nc1nc(CN2CC(C)OC(C)C2)cs1. The van der Waals surface area contributed by atoms with Crippen molar-refractivity contribution in [3.05, 3.63) is 57.9 Å². The summed E-state index contributed by atoms with van der Waals surface area (Å²) in [6.07, 6.45) is 0.437. The molecule has 2 atom stereocenters. The van der Waals surface area contributed by atoms with Gasteiger partial charge in [0.25, 0.3) is 5.91 Å². The van der Waals surface area contributed by atoms with Crippen LogP contribution >= 0.6 is 23.1 Å². The van der Waals surface area contributed by atoms with Gasteiger partial charge < -0.3 is 9.26 Å². The van der Waals surface area contributed by atoms with Gasteiger partial charge in [-0.25, -0.2) is 4.98 Å². The van der Waals surface area contributed by atoms with E-state index in [0.29, 0.717) is 16.4 Å². The zero-order valence-electron chi connectivity index (χ0n) is 18.8. The molecule has 1 saturated heterocycles. The summed E-state index contributed by atoms with van der Waals surface area (Å²) in [4.78, 5) is 20.9. The van der Waals surface area contributed by atoms with E-state index in [2.05, 4.69) is 34.2 Å². The predicted molar refractivity (Wildman–Crippen MR) is 127 cm³/mol. The Labute approximate surface area is 196 Å². The molecule has 0 spiro atoms. The zero-order chi connectivity index (χ0) is 22.7. The molecule has 1 fully saturated rings. The minimum atomic E-state index is -0.152. The smallest absolute Gasteiger partial charge is 0.258 e. The lowest BCUT2D eigenvalue weighted by Gasteiger charge is -2.34. The quantitative estimate of drug-likeness (QED) is 0.490. The highest BCUT2D eigenvalue weighted by Crippen LogP contribution is 2.29. The second kappa shape index (κ2) is 10.2. The van der Waals surface area contributed by atoms with Crippen LogP contribution in [0.5, 0.6) is 0 Å². The van der Waals surface area contributed by atoms with E-state index in [-0.39, 0.29) is 18.1 Å². The monoisotopic (exact) mass is 472 g/mol. The van der Waals surface area contributed by atoms with Crippen LogP contribution in [0.15, 0.2) is 39.1 Å². The van der Waals surface area contributed by atoms with Crippen molar-refractivity contribution in [2.45, 2.75) is 57.1 Å². The number of ether oxygens (including phenoxy) is 1. The minimum absolute atomic E-state index is 0.152. The second-order valence-corrected chi connectivity index (χ2v) is 10.0. The van der Waals surface area contributed by atoms with Gasteiger partial charge >= 0.3 is 0 Å². The number of morpholine rings is 1. The Morgan fingerprint density at radius 2 is 2.00 bits per heavy atom. The van der Waals surface area contributed by atoms with Crippen LogP contribution in [0.25, 0.3) is 0 Å². The largest absolute Gasteiger partial charge is 0.373 e. The predicted octanol–water partition coefficient (Wildman–Crippen LogP) is 4.90. The lowest BCUT2D eigenvalue weighted by Crippen LogP contribution is -2.44. The van der Waals surface area contributed by atoms with E-state index in [1.54, 1.807) is 11.8 Å². The summed E-state index contributed by atoms with van der Waals surface area (Å²) in [5, 5.41) is 9.61. The minimum Gasteiger partial charge on any atom is -0.373 e. The van der Waals surface area contributed by atoms with Crippen LogP contribution in [0.4, 0.5) is 5.13 Å². The van der Waals surface area contributed by atoms with E-state index in [4.69, 9.17) is 9.26 Å². The number of nitrogens with zero attached hydrogens (tertiary/aromatic N) is 3. The van der Waals surface area contributed by atoms with Gasteiger partial charge in [-0.2, -0.15) is 0 Å². The average Bonchev–Trinajstić information content (AvgIpc) is 3.31. The summed E-state index contributed by atoms with van der Waals surface area (Å²) in [7, 11) is 0. The molecule has 170 valence electrons. The average molecular weight is 473 g/mol. The van der Waals surface area contributed by atoms with E-state index in [1.165, 1.54) is 11.3 Å². The number of aromatic nitrogens is 2. The van der Waals surface area contributed by atoms with Crippen LogP contribution in [-0.4, -0.2) is 46.2 Å². The number of carbonyl (C=O) groups excluding carboxylic acids is 1. The van der Waals surface area contributed by atoms with E-state index in [9.17, 15) is 4.79 Å². The molecule has 0 radical (unpaired) electrons. The van der Waals surface area contributed by atoms with Crippen LogP contribution in [0, 0.1) is 13.8 Å². The first-order valence-electron chi connectivity index (χ1n) is 10.7. The summed E-state index contributed by atoms with van der Waals surface area (Å²) in [6, 6.07) is 7.63. The summed E-state index contributed by atoms with van der Waals surface area (Å²) in [6.45, 7) is 10.6. The third-order valence-electron chi connectivity index (χ3n) is 5.34. The number of thiazole rings is 1. The van der Waals surface area contributed by atoms with Crippen LogP contribution < -0.4 is 5.32 Å². The fourth-order valence-electron chi connectivity index (χ4n) is 3.88. The molecule has 3 heterocycles. The van der Waals surface area contributed by atoms with Crippen LogP contribution in [0.2, 0.25) is 0 Å². The molecule has 0 saturated carbocycles. The highest BCUT2D eigenvalue weighted by atomic mass is 32.2. The fourth-order valence-corrected chi connectivity index (χ4v) is 5.78. The number of hydrogen-bond donors (Lipinski definition) is 1. The number of nitrogens with one attached hydrogen (secondary N) is 1. The Kier molecular flexibility index (Phi) is 7.30. The number of anilines is 1. The van der Waals surface area contributed by atoms with Crippen LogP contribution in [0.1, 0.15) is 46.9 Å². The second-order valence-electron chi connectivity index (χ2n) is 8.14. The van der Waals surface area contributed by atoms with Gasteiger partial charge in [-0.15, -0.1) is 23.1 Å². The Morgan fingerprint density at radius 1 is 1.25 bits per heavy atom. The highest BCUT2D eigenvalue weighted by Gasteiger charge is 2.23. The molecule has 1 amide bonds. The van der Waals surface area contributed by atoms with Gasteiger partial charge in [0.2, 0.25) is 0 Å². The number of hydrogen-bond acceptors (Lipinski definition) is 8. The molecule has 1 N–H and O–H groups in total. The third-order valence-corrected chi connectivity index (χ3v) is 7.24. The molecule has 2 aromatic heterocycles. The van der Waals surface area contributed by atoms with Gasteiger partial charge in [0.1, 0.15) is 5.76 Å². The molecule has 9 heteroatoms. The summed E-state index contributed by atoms with van der Waals surface area (Å²) < 4.78 is 11.1. The molecule has 7 nitrogen and oxygen atoms in total.